The molecule has 0 radical (unpaired) electrons. The molecular formula is C14H11Cl2NO3. The number of carbonyl (C=O) groups is 1. The van der Waals surface area contributed by atoms with Crippen LogP contribution in [0.3, 0.4) is 0 Å². The van der Waals surface area contributed by atoms with E-state index in [0.29, 0.717) is 21.2 Å². The Bertz CT molecular complexity index is 710. The van der Waals surface area contributed by atoms with Crippen molar-refractivity contribution < 1.29 is 9.53 Å². The number of carbonyl (C=O) groups excluding carboxylic acids is 1. The van der Waals surface area contributed by atoms with Crippen molar-refractivity contribution >= 4 is 29.2 Å². The predicted octanol–water partition coefficient (Wildman–Crippen LogP) is 3.53. The number of hydrogen-bond donors (Lipinski definition) is 1. The van der Waals surface area contributed by atoms with Gasteiger partial charge in [0.15, 0.2) is 0 Å². The lowest BCUT2D eigenvalue weighted by Gasteiger charge is -2.06. The molecule has 0 amide bonds. The molecule has 0 saturated heterocycles. The maximum atomic E-state index is 12.0. The molecule has 0 bridgehead atoms. The van der Waals surface area contributed by atoms with Gasteiger partial charge < -0.3 is 9.72 Å². The maximum absolute atomic E-state index is 12.0. The van der Waals surface area contributed by atoms with E-state index in [0.717, 1.165) is 0 Å². The molecule has 1 aromatic carbocycles. The van der Waals surface area contributed by atoms with Crippen molar-refractivity contribution in [2.75, 3.05) is 6.61 Å². The first-order valence-corrected chi connectivity index (χ1v) is 6.64. The number of aromatic amines is 1. The highest BCUT2D eigenvalue weighted by Crippen LogP contribution is 2.28. The number of H-pyrrole nitrogens is 1. The number of aromatic nitrogens is 1. The number of ether oxygens (including phenoxy) is 1. The second-order valence-electron chi connectivity index (χ2n) is 3.96. The highest BCUT2D eigenvalue weighted by Gasteiger charge is 2.12. The molecule has 6 heteroatoms. The second kappa shape index (κ2) is 6.11. The van der Waals surface area contributed by atoms with Crippen LogP contribution in [0.4, 0.5) is 0 Å². The van der Waals surface area contributed by atoms with Gasteiger partial charge in [-0.2, -0.15) is 0 Å². The predicted molar refractivity (Wildman–Crippen MR) is 78.5 cm³/mol. The van der Waals surface area contributed by atoms with Crippen LogP contribution in [0.15, 0.2) is 35.1 Å². The Morgan fingerprint density at radius 2 is 1.95 bits per heavy atom. The summed E-state index contributed by atoms with van der Waals surface area (Å²) in [6, 6.07) is 7.83. The molecule has 0 spiro atoms. The quantitative estimate of drug-likeness (QED) is 0.882. The van der Waals surface area contributed by atoms with Crippen molar-refractivity contribution in [1.29, 1.82) is 0 Å². The Hall–Kier alpha value is -1.78. The average Bonchev–Trinajstić information content (AvgIpc) is 2.42. The van der Waals surface area contributed by atoms with Gasteiger partial charge in [0.25, 0.3) is 5.56 Å². The van der Waals surface area contributed by atoms with Crippen LogP contribution < -0.4 is 5.56 Å². The van der Waals surface area contributed by atoms with E-state index in [-0.39, 0.29) is 12.3 Å². The maximum Gasteiger partial charge on any atom is 0.354 e. The third-order valence-electron chi connectivity index (χ3n) is 2.62. The molecule has 0 aliphatic rings. The van der Waals surface area contributed by atoms with Crippen molar-refractivity contribution in [3.05, 3.63) is 56.4 Å². The SMILES string of the molecule is CCOC(=O)c1ccc(-c2cc(Cl)ccc2Cl)c(=O)[nH]1. The molecular weight excluding hydrogens is 301 g/mol. The molecule has 0 atom stereocenters. The van der Waals surface area contributed by atoms with Crippen LogP contribution in [-0.2, 0) is 4.74 Å². The van der Waals surface area contributed by atoms with Gasteiger partial charge in [0.1, 0.15) is 5.69 Å². The van der Waals surface area contributed by atoms with E-state index in [4.69, 9.17) is 27.9 Å². The summed E-state index contributed by atoms with van der Waals surface area (Å²) < 4.78 is 4.82. The minimum absolute atomic E-state index is 0.0961. The van der Waals surface area contributed by atoms with E-state index in [1.54, 1.807) is 25.1 Å². The summed E-state index contributed by atoms with van der Waals surface area (Å²) in [6.45, 7) is 1.93. The topological polar surface area (TPSA) is 59.2 Å². The zero-order valence-electron chi connectivity index (χ0n) is 10.6. The summed E-state index contributed by atoms with van der Waals surface area (Å²) in [6.07, 6.45) is 0. The lowest BCUT2D eigenvalue weighted by Crippen LogP contribution is -2.16. The molecule has 20 heavy (non-hydrogen) atoms. The normalized spacial score (nSPS) is 10.3. The van der Waals surface area contributed by atoms with Gasteiger partial charge in [0, 0.05) is 21.2 Å². The second-order valence-corrected chi connectivity index (χ2v) is 4.80. The zero-order valence-corrected chi connectivity index (χ0v) is 12.1. The lowest BCUT2D eigenvalue weighted by atomic mass is 10.1. The van der Waals surface area contributed by atoms with Crippen LogP contribution in [0.1, 0.15) is 17.4 Å². The Kier molecular flexibility index (Phi) is 4.47. The number of halogens is 2. The lowest BCUT2D eigenvalue weighted by molar-refractivity contribution is 0.0519. The highest BCUT2D eigenvalue weighted by molar-refractivity contribution is 6.35. The third-order valence-corrected chi connectivity index (χ3v) is 3.19. The fourth-order valence-corrected chi connectivity index (χ4v) is 2.11. The molecule has 1 N–H and O–H groups in total. The van der Waals surface area contributed by atoms with Crippen LogP contribution >= 0.6 is 23.2 Å². The third kappa shape index (κ3) is 3.03. The van der Waals surface area contributed by atoms with Crippen LogP contribution in [0, 0.1) is 0 Å². The van der Waals surface area contributed by atoms with E-state index >= 15 is 0 Å². The summed E-state index contributed by atoms with van der Waals surface area (Å²) in [4.78, 5) is 26.0. The van der Waals surface area contributed by atoms with Gasteiger partial charge in [-0.3, -0.25) is 4.79 Å². The van der Waals surface area contributed by atoms with Crippen LogP contribution in [0.5, 0.6) is 0 Å². The minimum atomic E-state index is -0.576. The van der Waals surface area contributed by atoms with Crippen LogP contribution in [0.2, 0.25) is 10.0 Å². The Morgan fingerprint density at radius 1 is 1.20 bits per heavy atom. The Labute approximate surface area is 125 Å². The fraction of sp³-hybridized carbons (Fsp3) is 0.143. The van der Waals surface area contributed by atoms with E-state index < -0.39 is 11.5 Å². The van der Waals surface area contributed by atoms with Crippen molar-refractivity contribution in [3.63, 3.8) is 0 Å². The Balaban J connectivity index is 2.47. The van der Waals surface area contributed by atoms with Gasteiger partial charge in [-0.25, -0.2) is 4.79 Å². The van der Waals surface area contributed by atoms with Crippen molar-refractivity contribution in [2.24, 2.45) is 0 Å². The number of benzene rings is 1. The van der Waals surface area contributed by atoms with Crippen LogP contribution in [-0.4, -0.2) is 17.6 Å². The van der Waals surface area contributed by atoms with E-state index in [2.05, 4.69) is 4.98 Å². The first-order chi connectivity index (χ1) is 9.52. The molecule has 0 unspecified atom stereocenters. The average molecular weight is 312 g/mol. The minimum Gasteiger partial charge on any atom is -0.461 e. The van der Waals surface area contributed by atoms with Crippen molar-refractivity contribution in [3.8, 4) is 11.1 Å². The first kappa shape index (κ1) is 14.6. The highest BCUT2D eigenvalue weighted by atomic mass is 35.5. The first-order valence-electron chi connectivity index (χ1n) is 5.88. The largest absolute Gasteiger partial charge is 0.461 e. The summed E-state index contributed by atoms with van der Waals surface area (Å²) in [5, 5.41) is 0.877. The molecule has 0 aliphatic carbocycles. The number of nitrogens with one attached hydrogen (secondary N) is 1. The van der Waals surface area contributed by atoms with Gasteiger partial charge in [-0.1, -0.05) is 23.2 Å². The Morgan fingerprint density at radius 3 is 2.60 bits per heavy atom. The van der Waals surface area contributed by atoms with E-state index in [1.807, 2.05) is 0 Å². The van der Waals surface area contributed by atoms with Gasteiger partial charge in [-0.05, 0) is 37.3 Å². The molecule has 1 aromatic heterocycles. The monoisotopic (exact) mass is 311 g/mol. The summed E-state index contributed by atoms with van der Waals surface area (Å²) in [7, 11) is 0. The molecule has 0 fully saturated rings. The van der Waals surface area contributed by atoms with Gasteiger partial charge in [-0.15, -0.1) is 0 Å². The van der Waals surface area contributed by atoms with E-state index in [9.17, 15) is 9.59 Å². The van der Waals surface area contributed by atoms with Gasteiger partial charge >= 0.3 is 5.97 Å². The fourth-order valence-electron chi connectivity index (χ4n) is 1.72. The van der Waals surface area contributed by atoms with Gasteiger partial charge in [0.2, 0.25) is 0 Å². The standard InChI is InChI=1S/C14H11Cl2NO3/c1-2-20-14(19)12-6-4-9(13(18)17-12)10-7-8(15)3-5-11(10)16/h3-7H,2H2,1H3,(H,17,18). The number of hydrogen-bond acceptors (Lipinski definition) is 3. The smallest absolute Gasteiger partial charge is 0.354 e. The number of esters is 1. The molecule has 2 rings (SSSR count). The van der Waals surface area contributed by atoms with Crippen molar-refractivity contribution in [1.82, 2.24) is 4.98 Å². The van der Waals surface area contributed by atoms with Gasteiger partial charge in [0.05, 0.1) is 6.61 Å². The summed E-state index contributed by atoms with van der Waals surface area (Å²) in [5.74, 6) is -0.576. The summed E-state index contributed by atoms with van der Waals surface area (Å²) in [5.41, 5.74) is 0.514. The molecule has 2 aromatic rings. The molecule has 0 saturated carbocycles. The summed E-state index contributed by atoms with van der Waals surface area (Å²) >= 11 is 11.9. The zero-order chi connectivity index (χ0) is 14.7. The number of pyridine rings is 1. The molecule has 0 aliphatic heterocycles. The van der Waals surface area contributed by atoms with Crippen LogP contribution in [0.25, 0.3) is 11.1 Å². The number of rotatable bonds is 3. The van der Waals surface area contributed by atoms with E-state index in [1.165, 1.54) is 12.1 Å². The van der Waals surface area contributed by atoms with Crippen molar-refractivity contribution in [2.45, 2.75) is 6.92 Å². The molecule has 1 heterocycles. The molecule has 4 nitrogen and oxygen atoms in total. The molecule has 104 valence electrons.